The number of carbonyl (C=O) groups is 1. The zero-order chi connectivity index (χ0) is 15.8. The van der Waals surface area contributed by atoms with Gasteiger partial charge in [0.15, 0.2) is 0 Å². The molecule has 0 unspecified atom stereocenters. The maximum atomic E-state index is 12.7. The van der Waals surface area contributed by atoms with Crippen molar-refractivity contribution in [3.05, 3.63) is 28.2 Å². The Balaban J connectivity index is 2.27. The Bertz CT molecular complexity index is 662. The third-order valence-corrected chi connectivity index (χ3v) is 6.11. The minimum Gasteiger partial charge on any atom is -0.465 e. The summed E-state index contributed by atoms with van der Waals surface area (Å²) in [4.78, 5) is 12.6. The molecule has 0 aromatic heterocycles. The lowest BCUT2D eigenvalue weighted by Gasteiger charge is -2.37. The van der Waals surface area contributed by atoms with Crippen molar-refractivity contribution in [2.24, 2.45) is 0 Å². The summed E-state index contributed by atoms with van der Waals surface area (Å²) < 4.78 is 27.5. The minimum absolute atomic E-state index is 0.171. The van der Waals surface area contributed by atoms with Crippen LogP contribution in [0.5, 0.6) is 0 Å². The Morgan fingerprint density at radius 3 is 2.57 bits per heavy atom. The van der Waals surface area contributed by atoms with E-state index in [2.05, 4.69) is 15.9 Å². The van der Waals surface area contributed by atoms with Crippen LogP contribution in [-0.2, 0) is 10.0 Å². The second-order valence-corrected chi connectivity index (χ2v) is 7.92. The third kappa shape index (κ3) is 3.22. The number of aryl methyl sites for hydroxylation is 1. The van der Waals surface area contributed by atoms with Gasteiger partial charge in [0.2, 0.25) is 10.0 Å². The molecule has 1 aliphatic rings. The van der Waals surface area contributed by atoms with Gasteiger partial charge in [-0.15, -0.1) is 0 Å². The predicted molar refractivity (Wildman–Crippen MR) is 81.8 cm³/mol. The quantitative estimate of drug-likeness (QED) is 0.857. The molecule has 6 nitrogen and oxygen atoms in total. The van der Waals surface area contributed by atoms with Crippen molar-refractivity contribution in [1.29, 1.82) is 0 Å². The Morgan fingerprint density at radius 2 is 2.05 bits per heavy atom. The van der Waals surface area contributed by atoms with Crippen LogP contribution in [0.25, 0.3) is 0 Å². The van der Waals surface area contributed by atoms with Gasteiger partial charge in [0, 0.05) is 30.1 Å². The molecule has 8 heteroatoms. The van der Waals surface area contributed by atoms with Gasteiger partial charge in [0.05, 0.1) is 4.90 Å². The molecule has 1 aromatic carbocycles. The molecule has 1 atom stereocenters. The minimum atomic E-state index is -3.60. The van der Waals surface area contributed by atoms with Crippen molar-refractivity contribution in [2.45, 2.75) is 24.8 Å². The van der Waals surface area contributed by atoms with Crippen molar-refractivity contribution in [3.8, 4) is 0 Å². The molecule has 21 heavy (non-hydrogen) atoms. The highest BCUT2D eigenvalue weighted by molar-refractivity contribution is 9.10. The summed E-state index contributed by atoms with van der Waals surface area (Å²) in [5.74, 6) is 0. The lowest BCUT2D eigenvalue weighted by Crippen LogP contribution is -2.55. The number of nitrogens with zero attached hydrogens (tertiary/aromatic N) is 2. The molecule has 2 rings (SSSR count). The predicted octanol–water partition coefficient (Wildman–Crippen LogP) is 2.13. The van der Waals surface area contributed by atoms with Crippen LogP contribution in [0.2, 0.25) is 0 Å². The van der Waals surface area contributed by atoms with Crippen LogP contribution < -0.4 is 0 Å². The van der Waals surface area contributed by atoms with Gasteiger partial charge in [-0.1, -0.05) is 15.9 Å². The molecule has 0 radical (unpaired) electrons. The number of amides is 1. The van der Waals surface area contributed by atoms with E-state index >= 15 is 0 Å². The number of hydrogen-bond donors (Lipinski definition) is 1. The van der Waals surface area contributed by atoms with Crippen LogP contribution >= 0.6 is 15.9 Å². The van der Waals surface area contributed by atoms with E-state index in [1.807, 2.05) is 0 Å². The molecule has 1 N–H and O–H groups in total. The van der Waals surface area contributed by atoms with Crippen LogP contribution in [0.4, 0.5) is 4.79 Å². The zero-order valence-corrected chi connectivity index (χ0v) is 14.2. The first-order chi connectivity index (χ1) is 9.73. The smallest absolute Gasteiger partial charge is 0.407 e. The van der Waals surface area contributed by atoms with E-state index in [1.165, 1.54) is 9.21 Å². The number of carboxylic acid groups (broad SMARTS) is 1. The highest BCUT2D eigenvalue weighted by atomic mass is 79.9. The number of hydrogen-bond acceptors (Lipinski definition) is 3. The highest BCUT2D eigenvalue weighted by Gasteiger charge is 2.34. The van der Waals surface area contributed by atoms with Gasteiger partial charge in [-0.2, -0.15) is 4.31 Å². The number of benzene rings is 1. The normalized spacial score (nSPS) is 20.5. The second-order valence-electron chi connectivity index (χ2n) is 5.10. The van der Waals surface area contributed by atoms with Crippen molar-refractivity contribution < 1.29 is 18.3 Å². The van der Waals surface area contributed by atoms with Crippen LogP contribution in [0.1, 0.15) is 12.5 Å². The van der Waals surface area contributed by atoms with E-state index < -0.39 is 16.1 Å². The number of sulfonamides is 1. The summed E-state index contributed by atoms with van der Waals surface area (Å²) >= 11 is 3.31. The SMILES string of the molecule is Cc1cc(Br)ccc1S(=O)(=O)N1CCN(C(=O)O)[C@@H](C)C1. The average Bonchev–Trinajstić information content (AvgIpc) is 2.37. The zero-order valence-electron chi connectivity index (χ0n) is 11.8. The lowest BCUT2D eigenvalue weighted by molar-refractivity contribution is 0.0992. The van der Waals surface area contributed by atoms with Crippen molar-refractivity contribution >= 4 is 32.0 Å². The Kier molecular flexibility index (Phi) is 4.60. The fraction of sp³-hybridized carbons (Fsp3) is 0.462. The fourth-order valence-electron chi connectivity index (χ4n) is 2.47. The summed E-state index contributed by atoms with van der Waals surface area (Å²) in [6.07, 6.45) is -1.01. The van der Waals surface area contributed by atoms with Gasteiger partial charge in [-0.25, -0.2) is 13.2 Å². The molecule has 1 heterocycles. The maximum Gasteiger partial charge on any atom is 0.407 e. The topological polar surface area (TPSA) is 77.9 Å². The van der Waals surface area contributed by atoms with Crippen LogP contribution in [-0.4, -0.2) is 54.5 Å². The first-order valence-corrected chi connectivity index (χ1v) is 8.72. The van der Waals surface area contributed by atoms with Crippen LogP contribution in [0, 0.1) is 6.92 Å². The molecular formula is C13H17BrN2O4S. The maximum absolute atomic E-state index is 12.7. The first kappa shape index (κ1) is 16.3. The van der Waals surface area contributed by atoms with Crippen molar-refractivity contribution in [1.82, 2.24) is 9.21 Å². The summed E-state index contributed by atoms with van der Waals surface area (Å²) in [7, 11) is -3.60. The Morgan fingerprint density at radius 1 is 1.38 bits per heavy atom. The fourth-order valence-corrected chi connectivity index (χ4v) is 4.66. The number of halogens is 1. The number of piperazine rings is 1. The molecule has 0 spiro atoms. The third-order valence-electron chi connectivity index (χ3n) is 3.59. The Hall–Kier alpha value is -1.12. The lowest BCUT2D eigenvalue weighted by atomic mass is 10.2. The molecule has 1 amide bonds. The van der Waals surface area contributed by atoms with Gasteiger partial charge in [0.1, 0.15) is 0 Å². The summed E-state index contributed by atoms with van der Waals surface area (Å²) in [5, 5.41) is 9.04. The van der Waals surface area contributed by atoms with Gasteiger partial charge in [-0.3, -0.25) is 0 Å². The van der Waals surface area contributed by atoms with Gasteiger partial charge < -0.3 is 10.0 Å². The average molecular weight is 377 g/mol. The number of rotatable bonds is 2. The highest BCUT2D eigenvalue weighted by Crippen LogP contribution is 2.25. The monoisotopic (exact) mass is 376 g/mol. The first-order valence-electron chi connectivity index (χ1n) is 6.49. The molecule has 1 aromatic rings. The molecular weight excluding hydrogens is 360 g/mol. The van der Waals surface area contributed by atoms with E-state index in [0.29, 0.717) is 5.56 Å². The molecule has 1 fully saturated rings. The van der Waals surface area contributed by atoms with Gasteiger partial charge in [0.25, 0.3) is 0 Å². The van der Waals surface area contributed by atoms with Gasteiger partial charge >= 0.3 is 6.09 Å². The molecule has 116 valence electrons. The Labute approximate surface area is 132 Å². The standard InChI is InChI=1S/C13H17BrN2O4S/c1-9-7-11(14)3-4-12(9)21(19,20)15-5-6-16(13(17)18)10(2)8-15/h3-4,7,10H,5-6,8H2,1-2H3,(H,17,18)/t10-/m0/s1. The van der Waals surface area contributed by atoms with Gasteiger partial charge in [-0.05, 0) is 37.6 Å². The van der Waals surface area contributed by atoms with Crippen LogP contribution in [0.15, 0.2) is 27.6 Å². The summed E-state index contributed by atoms with van der Waals surface area (Å²) in [6, 6.07) is 4.66. The van der Waals surface area contributed by atoms with E-state index in [4.69, 9.17) is 5.11 Å². The van der Waals surface area contributed by atoms with E-state index in [-0.39, 0.29) is 30.6 Å². The summed E-state index contributed by atoms with van der Waals surface area (Å²) in [6.45, 7) is 3.99. The van der Waals surface area contributed by atoms with E-state index in [9.17, 15) is 13.2 Å². The van der Waals surface area contributed by atoms with E-state index in [0.717, 1.165) is 4.47 Å². The summed E-state index contributed by atoms with van der Waals surface area (Å²) in [5.41, 5.74) is 0.665. The molecule has 1 saturated heterocycles. The largest absolute Gasteiger partial charge is 0.465 e. The van der Waals surface area contributed by atoms with E-state index in [1.54, 1.807) is 32.0 Å². The molecule has 0 saturated carbocycles. The second kappa shape index (κ2) is 5.94. The molecule has 1 aliphatic heterocycles. The molecule has 0 bridgehead atoms. The van der Waals surface area contributed by atoms with Crippen LogP contribution in [0.3, 0.4) is 0 Å². The van der Waals surface area contributed by atoms with Crippen molar-refractivity contribution in [2.75, 3.05) is 19.6 Å². The molecule has 0 aliphatic carbocycles. The van der Waals surface area contributed by atoms with Crippen molar-refractivity contribution in [3.63, 3.8) is 0 Å².